The Morgan fingerprint density at radius 3 is 2.44 bits per heavy atom. The van der Waals surface area contributed by atoms with Crippen molar-refractivity contribution in [1.82, 2.24) is 4.98 Å². The summed E-state index contributed by atoms with van der Waals surface area (Å²) in [4.78, 5) is 4.28. The van der Waals surface area contributed by atoms with Gasteiger partial charge in [-0.3, -0.25) is 0 Å². The van der Waals surface area contributed by atoms with Crippen molar-refractivity contribution in [3.8, 4) is 11.5 Å². The van der Waals surface area contributed by atoms with Crippen LogP contribution >= 0.6 is 0 Å². The summed E-state index contributed by atoms with van der Waals surface area (Å²) < 4.78 is 5.85. The minimum absolute atomic E-state index is 0.458. The number of nitrogens with zero attached hydrogens (tertiary/aromatic N) is 1. The number of rotatable bonds is 2. The fourth-order valence-electron chi connectivity index (χ4n) is 1.86. The van der Waals surface area contributed by atoms with Gasteiger partial charge in [0, 0.05) is 11.5 Å². The first-order chi connectivity index (χ1) is 8.83. The number of aromatic nitrogens is 1. The molecule has 0 saturated carbocycles. The van der Waals surface area contributed by atoms with Gasteiger partial charge in [0.2, 0.25) is 0 Å². The van der Waals surface area contributed by atoms with Crippen LogP contribution in [-0.2, 0) is 0 Å². The lowest BCUT2D eigenvalue weighted by atomic mass is 10.2. The first-order valence-corrected chi connectivity index (χ1v) is 5.71. The normalized spacial score (nSPS) is 10.4. The summed E-state index contributed by atoms with van der Waals surface area (Å²) in [5.41, 5.74) is 6.62. The summed E-state index contributed by atoms with van der Waals surface area (Å²) in [5, 5.41) is 0.954. The summed E-state index contributed by atoms with van der Waals surface area (Å²) in [6.45, 7) is 0. The van der Waals surface area contributed by atoms with E-state index in [0.717, 1.165) is 22.4 Å². The molecule has 3 aromatic rings. The van der Waals surface area contributed by atoms with Crippen LogP contribution in [0.3, 0.4) is 0 Å². The smallest absolute Gasteiger partial charge is 0.140 e. The highest BCUT2D eigenvalue weighted by molar-refractivity contribution is 5.86. The van der Waals surface area contributed by atoms with Crippen molar-refractivity contribution in [1.29, 1.82) is 0 Å². The number of nitrogen functional groups attached to an aromatic ring is 1. The van der Waals surface area contributed by atoms with E-state index < -0.39 is 0 Å². The molecule has 0 aliphatic heterocycles. The maximum absolute atomic E-state index is 5.85. The van der Waals surface area contributed by atoms with E-state index in [-0.39, 0.29) is 0 Å². The van der Waals surface area contributed by atoms with Crippen LogP contribution in [0.15, 0.2) is 60.7 Å². The van der Waals surface area contributed by atoms with Gasteiger partial charge in [-0.25, -0.2) is 4.98 Å². The molecule has 18 heavy (non-hydrogen) atoms. The average Bonchev–Trinajstić information content (AvgIpc) is 2.40. The molecular formula is C15H12N2O. The van der Waals surface area contributed by atoms with Gasteiger partial charge in [-0.15, -0.1) is 0 Å². The molecule has 0 amide bonds. The molecule has 3 rings (SSSR count). The van der Waals surface area contributed by atoms with E-state index in [1.165, 1.54) is 0 Å². The molecule has 0 radical (unpaired) electrons. The molecule has 0 aliphatic carbocycles. The van der Waals surface area contributed by atoms with Gasteiger partial charge in [-0.1, -0.05) is 30.3 Å². The van der Waals surface area contributed by atoms with Gasteiger partial charge in [-0.2, -0.15) is 0 Å². The molecule has 0 atom stereocenters. The highest BCUT2D eigenvalue weighted by Crippen LogP contribution is 2.30. The second-order valence-electron chi connectivity index (χ2n) is 3.98. The number of nitrogens with two attached hydrogens (primary N) is 1. The van der Waals surface area contributed by atoms with E-state index in [4.69, 9.17) is 10.5 Å². The van der Waals surface area contributed by atoms with Crippen LogP contribution in [-0.4, -0.2) is 4.98 Å². The standard InChI is InChI=1S/C15H12N2O/c16-15-10-14(18-11-6-2-1-3-7-11)12-8-4-5-9-13(12)17-15/h1-10H,(H2,16,17). The van der Waals surface area contributed by atoms with Gasteiger partial charge in [-0.05, 0) is 24.3 Å². The van der Waals surface area contributed by atoms with Crippen molar-refractivity contribution < 1.29 is 4.74 Å². The lowest BCUT2D eigenvalue weighted by Crippen LogP contribution is -1.93. The van der Waals surface area contributed by atoms with E-state index in [2.05, 4.69) is 4.98 Å². The Morgan fingerprint density at radius 1 is 0.889 bits per heavy atom. The number of hydrogen-bond donors (Lipinski definition) is 1. The third-order valence-electron chi connectivity index (χ3n) is 2.67. The molecule has 0 fully saturated rings. The van der Waals surface area contributed by atoms with E-state index in [9.17, 15) is 0 Å². The van der Waals surface area contributed by atoms with Crippen molar-refractivity contribution in [3.63, 3.8) is 0 Å². The maximum atomic E-state index is 5.85. The fraction of sp³-hybridized carbons (Fsp3) is 0. The number of para-hydroxylation sites is 2. The molecule has 0 unspecified atom stereocenters. The highest BCUT2D eigenvalue weighted by Gasteiger charge is 2.05. The van der Waals surface area contributed by atoms with Crippen LogP contribution in [0.5, 0.6) is 11.5 Å². The van der Waals surface area contributed by atoms with Crippen molar-refractivity contribution >= 4 is 16.7 Å². The molecule has 88 valence electrons. The lowest BCUT2D eigenvalue weighted by molar-refractivity contribution is 0.488. The molecule has 3 heteroatoms. The quantitative estimate of drug-likeness (QED) is 0.739. The SMILES string of the molecule is Nc1cc(Oc2ccccc2)c2ccccc2n1. The lowest BCUT2D eigenvalue weighted by Gasteiger charge is -2.09. The van der Waals surface area contributed by atoms with Gasteiger partial charge < -0.3 is 10.5 Å². The number of fused-ring (bicyclic) bond motifs is 1. The summed E-state index contributed by atoms with van der Waals surface area (Å²) in [7, 11) is 0. The van der Waals surface area contributed by atoms with E-state index in [0.29, 0.717) is 5.82 Å². The first-order valence-electron chi connectivity index (χ1n) is 5.71. The average molecular weight is 236 g/mol. The molecule has 0 saturated heterocycles. The van der Waals surface area contributed by atoms with Crippen molar-refractivity contribution in [3.05, 3.63) is 60.7 Å². The number of ether oxygens (including phenoxy) is 1. The topological polar surface area (TPSA) is 48.1 Å². The van der Waals surface area contributed by atoms with E-state index in [1.807, 2.05) is 54.6 Å². The monoisotopic (exact) mass is 236 g/mol. The molecule has 0 aliphatic rings. The Labute approximate surface area is 105 Å². The molecule has 0 spiro atoms. The van der Waals surface area contributed by atoms with Gasteiger partial charge >= 0.3 is 0 Å². The van der Waals surface area contributed by atoms with Crippen LogP contribution < -0.4 is 10.5 Å². The largest absolute Gasteiger partial charge is 0.457 e. The molecule has 3 nitrogen and oxygen atoms in total. The molecule has 2 aromatic carbocycles. The Balaban J connectivity index is 2.11. The van der Waals surface area contributed by atoms with Gasteiger partial charge in [0.1, 0.15) is 17.3 Å². The van der Waals surface area contributed by atoms with Crippen molar-refractivity contribution in [2.45, 2.75) is 0 Å². The zero-order valence-electron chi connectivity index (χ0n) is 9.71. The van der Waals surface area contributed by atoms with Gasteiger partial charge in [0.15, 0.2) is 0 Å². The zero-order chi connectivity index (χ0) is 12.4. The number of anilines is 1. The summed E-state index contributed by atoms with van der Waals surface area (Å²) in [6.07, 6.45) is 0. The summed E-state index contributed by atoms with van der Waals surface area (Å²) in [6, 6.07) is 19.2. The Morgan fingerprint density at radius 2 is 1.61 bits per heavy atom. The van der Waals surface area contributed by atoms with E-state index >= 15 is 0 Å². The Bertz CT molecular complexity index is 680. The van der Waals surface area contributed by atoms with Crippen LogP contribution in [0.25, 0.3) is 10.9 Å². The zero-order valence-corrected chi connectivity index (χ0v) is 9.71. The minimum Gasteiger partial charge on any atom is -0.457 e. The summed E-state index contributed by atoms with van der Waals surface area (Å²) >= 11 is 0. The fourth-order valence-corrected chi connectivity index (χ4v) is 1.86. The van der Waals surface area contributed by atoms with Gasteiger partial charge in [0.25, 0.3) is 0 Å². The second-order valence-corrected chi connectivity index (χ2v) is 3.98. The minimum atomic E-state index is 0.458. The van der Waals surface area contributed by atoms with Gasteiger partial charge in [0.05, 0.1) is 5.52 Å². The van der Waals surface area contributed by atoms with Crippen LogP contribution in [0.2, 0.25) is 0 Å². The third-order valence-corrected chi connectivity index (χ3v) is 2.67. The number of pyridine rings is 1. The molecular weight excluding hydrogens is 224 g/mol. The predicted octanol–water partition coefficient (Wildman–Crippen LogP) is 3.61. The Hall–Kier alpha value is -2.55. The third kappa shape index (κ3) is 1.98. The highest BCUT2D eigenvalue weighted by atomic mass is 16.5. The van der Waals surface area contributed by atoms with Crippen molar-refractivity contribution in [2.24, 2.45) is 0 Å². The van der Waals surface area contributed by atoms with Crippen molar-refractivity contribution in [2.75, 3.05) is 5.73 Å². The molecule has 1 aromatic heterocycles. The predicted molar refractivity (Wildman–Crippen MR) is 72.7 cm³/mol. The van der Waals surface area contributed by atoms with Crippen LogP contribution in [0.4, 0.5) is 5.82 Å². The molecule has 2 N–H and O–H groups in total. The second kappa shape index (κ2) is 4.37. The van der Waals surface area contributed by atoms with E-state index in [1.54, 1.807) is 6.07 Å². The molecule has 0 bridgehead atoms. The van der Waals surface area contributed by atoms with Crippen LogP contribution in [0.1, 0.15) is 0 Å². The Kier molecular flexibility index (Phi) is 2.57. The number of benzene rings is 2. The molecule has 1 heterocycles. The maximum Gasteiger partial charge on any atom is 0.140 e. The summed E-state index contributed by atoms with van der Waals surface area (Å²) in [5.74, 6) is 1.97. The first kappa shape index (κ1) is 10.6. The number of hydrogen-bond acceptors (Lipinski definition) is 3. The van der Waals surface area contributed by atoms with Crippen LogP contribution in [0, 0.1) is 0 Å².